The van der Waals surface area contributed by atoms with Crippen molar-refractivity contribution in [3.8, 4) is 0 Å². The molecule has 1 aliphatic heterocycles. The first-order valence-electron chi connectivity index (χ1n) is 6.80. The van der Waals surface area contributed by atoms with Crippen LogP contribution in [0.3, 0.4) is 0 Å². The topological polar surface area (TPSA) is 32.3 Å². The second kappa shape index (κ2) is 4.67. The number of amides is 1. The molecule has 0 unspecified atom stereocenters. The van der Waals surface area contributed by atoms with Crippen LogP contribution in [0.25, 0.3) is 0 Å². The Balaban J connectivity index is 2.06. The summed E-state index contributed by atoms with van der Waals surface area (Å²) in [7, 11) is 1.85. The number of hydrogen-bond donors (Lipinski definition) is 1. The Bertz CT molecular complexity index is 671. The van der Waals surface area contributed by atoms with E-state index in [2.05, 4.69) is 37.4 Å². The van der Waals surface area contributed by atoms with Gasteiger partial charge in [-0.2, -0.15) is 0 Å². The zero-order chi connectivity index (χ0) is 14.3. The number of benzene rings is 2. The molecule has 1 amide bonds. The van der Waals surface area contributed by atoms with Crippen LogP contribution in [0.5, 0.6) is 0 Å². The van der Waals surface area contributed by atoms with E-state index in [9.17, 15) is 4.79 Å². The van der Waals surface area contributed by atoms with Crippen LogP contribution >= 0.6 is 0 Å². The quantitative estimate of drug-likeness (QED) is 0.902. The highest BCUT2D eigenvalue weighted by atomic mass is 16.2. The molecule has 102 valence electrons. The van der Waals surface area contributed by atoms with E-state index in [4.69, 9.17) is 0 Å². The van der Waals surface area contributed by atoms with E-state index in [-0.39, 0.29) is 5.91 Å². The Labute approximate surface area is 119 Å². The van der Waals surface area contributed by atoms with Gasteiger partial charge in [0.25, 0.3) is 5.91 Å². The molecule has 3 rings (SSSR count). The molecule has 0 saturated carbocycles. The van der Waals surface area contributed by atoms with E-state index in [1.165, 1.54) is 11.1 Å². The van der Waals surface area contributed by atoms with Crippen molar-refractivity contribution in [3.05, 3.63) is 58.7 Å². The summed E-state index contributed by atoms with van der Waals surface area (Å²) < 4.78 is 0. The van der Waals surface area contributed by atoms with Gasteiger partial charge in [-0.3, -0.25) is 4.79 Å². The lowest BCUT2D eigenvalue weighted by atomic mass is 10.1. The fourth-order valence-corrected chi connectivity index (χ4v) is 2.88. The second-order valence-corrected chi connectivity index (χ2v) is 5.33. The summed E-state index contributed by atoms with van der Waals surface area (Å²) in [6.45, 7) is 4.76. The molecule has 0 fully saturated rings. The zero-order valence-electron chi connectivity index (χ0n) is 12.0. The minimum absolute atomic E-state index is 0.0787. The number of hydrogen-bond acceptors (Lipinski definition) is 2. The van der Waals surface area contributed by atoms with Crippen molar-refractivity contribution in [1.82, 2.24) is 0 Å². The van der Waals surface area contributed by atoms with E-state index in [1.54, 1.807) is 0 Å². The van der Waals surface area contributed by atoms with Gasteiger partial charge in [0.2, 0.25) is 0 Å². The van der Waals surface area contributed by atoms with E-state index in [0.29, 0.717) is 6.54 Å². The van der Waals surface area contributed by atoms with E-state index >= 15 is 0 Å². The maximum Gasteiger partial charge on any atom is 0.261 e. The minimum Gasteiger partial charge on any atom is -0.387 e. The van der Waals surface area contributed by atoms with E-state index < -0.39 is 0 Å². The Kier molecular flexibility index (Phi) is 2.97. The van der Waals surface area contributed by atoms with Crippen LogP contribution < -0.4 is 10.2 Å². The molecule has 0 spiro atoms. The molecule has 1 N–H and O–H groups in total. The normalized spacial score (nSPS) is 13.6. The lowest BCUT2D eigenvalue weighted by molar-refractivity contribution is 0.0997. The Hall–Kier alpha value is -2.29. The number of anilines is 2. The average Bonchev–Trinajstić information content (AvgIpc) is 2.75. The van der Waals surface area contributed by atoms with Crippen LogP contribution in [0.2, 0.25) is 0 Å². The fraction of sp³-hybridized carbons (Fsp3) is 0.235. The number of rotatable bonds is 2. The maximum absolute atomic E-state index is 12.7. The number of carbonyl (C=O) groups excluding carboxylic acids is 1. The Morgan fingerprint density at radius 3 is 2.45 bits per heavy atom. The summed E-state index contributed by atoms with van der Waals surface area (Å²) in [5.74, 6) is 0.0787. The highest BCUT2D eigenvalue weighted by Gasteiger charge is 2.30. The molecule has 2 aromatic rings. The molecule has 1 aliphatic rings. The van der Waals surface area contributed by atoms with Gasteiger partial charge in [-0.05, 0) is 48.7 Å². The molecule has 1 heterocycles. The highest BCUT2D eigenvalue weighted by Crippen LogP contribution is 2.33. The van der Waals surface area contributed by atoms with Crippen molar-refractivity contribution in [1.29, 1.82) is 0 Å². The smallest absolute Gasteiger partial charge is 0.261 e. The number of carbonyl (C=O) groups is 1. The monoisotopic (exact) mass is 266 g/mol. The molecule has 2 aromatic carbocycles. The predicted octanol–water partition coefficient (Wildman–Crippen LogP) is 3.51. The lowest BCUT2D eigenvalue weighted by Crippen LogP contribution is -2.23. The molecule has 3 heteroatoms. The van der Waals surface area contributed by atoms with Gasteiger partial charge in [0, 0.05) is 18.4 Å². The molecule has 0 saturated heterocycles. The van der Waals surface area contributed by atoms with Crippen LogP contribution in [0, 0.1) is 13.8 Å². The number of aryl methyl sites for hydroxylation is 2. The maximum atomic E-state index is 12.7. The third-order valence-corrected chi connectivity index (χ3v) is 3.73. The first-order chi connectivity index (χ1) is 9.60. The van der Waals surface area contributed by atoms with Gasteiger partial charge in [0.1, 0.15) is 0 Å². The standard InChI is InChI=1S/C17H18N2O/c1-11-7-12(2)9-14(8-11)19-10-13-5-4-6-15(18-3)16(13)17(19)20/h4-9,18H,10H2,1-3H3. The first-order valence-corrected chi connectivity index (χ1v) is 6.80. The summed E-state index contributed by atoms with van der Waals surface area (Å²) in [5, 5.41) is 3.11. The fourth-order valence-electron chi connectivity index (χ4n) is 2.88. The summed E-state index contributed by atoms with van der Waals surface area (Å²) in [4.78, 5) is 14.5. The summed E-state index contributed by atoms with van der Waals surface area (Å²) >= 11 is 0. The van der Waals surface area contributed by atoms with Crippen molar-refractivity contribution < 1.29 is 4.79 Å². The number of nitrogens with zero attached hydrogens (tertiary/aromatic N) is 1. The molecule has 0 aliphatic carbocycles. The summed E-state index contributed by atoms with van der Waals surface area (Å²) in [6.07, 6.45) is 0. The van der Waals surface area contributed by atoms with E-state index in [1.807, 2.05) is 30.1 Å². The van der Waals surface area contributed by atoms with Crippen molar-refractivity contribution in [3.63, 3.8) is 0 Å². The van der Waals surface area contributed by atoms with Gasteiger partial charge in [-0.15, -0.1) is 0 Å². The second-order valence-electron chi connectivity index (χ2n) is 5.33. The number of nitrogens with one attached hydrogen (secondary N) is 1. The zero-order valence-corrected chi connectivity index (χ0v) is 12.0. The van der Waals surface area contributed by atoms with Crippen LogP contribution in [0.4, 0.5) is 11.4 Å². The molecular formula is C17H18N2O. The number of fused-ring (bicyclic) bond motifs is 1. The molecule has 0 bridgehead atoms. The van der Waals surface area contributed by atoms with Crippen molar-refractivity contribution >= 4 is 17.3 Å². The van der Waals surface area contributed by atoms with Crippen molar-refractivity contribution in [2.75, 3.05) is 17.3 Å². The molecule has 0 aromatic heterocycles. The third kappa shape index (κ3) is 1.95. The van der Waals surface area contributed by atoms with Gasteiger partial charge in [0.05, 0.1) is 12.1 Å². The highest BCUT2D eigenvalue weighted by molar-refractivity contribution is 6.13. The molecule has 0 atom stereocenters. The van der Waals surface area contributed by atoms with Gasteiger partial charge in [0.15, 0.2) is 0 Å². The van der Waals surface area contributed by atoms with Gasteiger partial charge >= 0.3 is 0 Å². The van der Waals surface area contributed by atoms with Crippen LogP contribution in [-0.4, -0.2) is 13.0 Å². The van der Waals surface area contributed by atoms with Gasteiger partial charge in [-0.25, -0.2) is 0 Å². The van der Waals surface area contributed by atoms with Gasteiger partial charge < -0.3 is 10.2 Å². The molecule has 0 radical (unpaired) electrons. The predicted molar refractivity (Wildman–Crippen MR) is 82.4 cm³/mol. The molecule has 20 heavy (non-hydrogen) atoms. The van der Waals surface area contributed by atoms with Crippen LogP contribution in [0.1, 0.15) is 27.0 Å². The van der Waals surface area contributed by atoms with Gasteiger partial charge in [-0.1, -0.05) is 18.2 Å². The lowest BCUT2D eigenvalue weighted by Gasteiger charge is -2.17. The Morgan fingerprint density at radius 2 is 1.80 bits per heavy atom. The molecule has 3 nitrogen and oxygen atoms in total. The summed E-state index contributed by atoms with van der Waals surface area (Å²) in [6, 6.07) is 12.2. The largest absolute Gasteiger partial charge is 0.387 e. The van der Waals surface area contributed by atoms with Crippen molar-refractivity contribution in [2.24, 2.45) is 0 Å². The first kappa shape index (κ1) is 12.7. The SMILES string of the molecule is CNc1cccc2c1C(=O)N(c1cc(C)cc(C)c1)C2. The summed E-state index contributed by atoms with van der Waals surface area (Å²) in [5.41, 5.74) is 6.12. The van der Waals surface area contributed by atoms with Crippen LogP contribution in [-0.2, 0) is 6.54 Å². The van der Waals surface area contributed by atoms with Crippen molar-refractivity contribution in [2.45, 2.75) is 20.4 Å². The van der Waals surface area contributed by atoms with E-state index in [0.717, 1.165) is 22.5 Å². The minimum atomic E-state index is 0.0787. The molecular weight excluding hydrogens is 248 g/mol. The average molecular weight is 266 g/mol. The Morgan fingerprint density at radius 1 is 1.10 bits per heavy atom. The third-order valence-electron chi connectivity index (χ3n) is 3.73. The van der Waals surface area contributed by atoms with Crippen LogP contribution in [0.15, 0.2) is 36.4 Å².